The number of aliphatic hydroxyl groups excluding tert-OH is 1. The minimum atomic E-state index is -0.644. The fraction of sp³-hybridized carbons (Fsp3) is 0.615. The first-order chi connectivity index (χ1) is 9.26. The first-order valence-electron chi connectivity index (χ1n) is 6.54. The van der Waals surface area contributed by atoms with E-state index >= 15 is 0 Å². The lowest BCUT2D eigenvalue weighted by Gasteiger charge is -2.23. The molecular formula is C13H20N4O2S. The van der Waals surface area contributed by atoms with Gasteiger partial charge in [0.15, 0.2) is 0 Å². The molecule has 0 aliphatic rings. The van der Waals surface area contributed by atoms with E-state index in [4.69, 9.17) is 0 Å². The number of nitrogens with zero attached hydrogens (tertiary/aromatic N) is 3. The van der Waals surface area contributed by atoms with Crippen molar-refractivity contribution in [3.63, 3.8) is 0 Å². The third kappa shape index (κ3) is 2.55. The van der Waals surface area contributed by atoms with Gasteiger partial charge < -0.3 is 10.4 Å². The molecule has 0 fully saturated rings. The monoisotopic (exact) mass is 296 g/mol. The molecule has 0 aromatic carbocycles. The van der Waals surface area contributed by atoms with Crippen LogP contribution in [0.2, 0.25) is 0 Å². The molecule has 0 unspecified atom stereocenters. The van der Waals surface area contributed by atoms with E-state index in [1.807, 2.05) is 25.2 Å². The first-order valence-corrected chi connectivity index (χ1v) is 7.36. The molecule has 2 N–H and O–H groups in total. The van der Waals surface area contributed by atoms with Crippen LogP contribution in [0.1, 0.15) is 54.8 Å². The van der Waals surface area contributed by atoms with Crippen molar-refractivity contribution < 1.29 is 9.90 Å². The molecule has 2 heterocycles. The van der Waals surface area contributed by atoms with E-state index < -0.39 is 5.54 Å². The fourth-order valence-electron chi connectivity index (χ4n) is 1.92. The van der Waals surface area contributed by atoms with Crippen LogP contribution >= 0.6 is 11.3 Å². The minimum Gasteiger partial charge on any atom is -0.394 e. The van der Waals surface area contributed by atoms with E-state index in [-0.39, 0.29) is 18.4 Å². The van der Waals surface area contributed by atoms with Crippen molar-refractivity contribution in [1.29, 1.82) is 0 Å². The van der Waals surface area contributed by atoms with Crippen molar-refractivity contribution in [2.45, 2.75) is 46.1 Å². The van der Waals surface area contributed by atoms with Crippen LogP contribution in [0.3, 0.4) is 0 Å². The molecule has 20 heavy (non-hydrogen) atoms. The summed E-state index contributed by atoms with van der Waals surface area (Å²) in [7, 11) is 0. The number of thiazole rings is 1. The van der Waals surface area contributed by atoms with Gasteiger partial charge in [-0.1, -0.05) is 25.2 Å². The van der Waals surface area contributed by atoms with Crippen molar-refractivity contribution in [3.05, 3.63) is 16.4 Å². The molecule has 2 aromatic heterocycles. The Labute approximate surface area is 121 Å². The van der Waals surface area contributed by atoms with Crippen LogP contribution in [0.25, 0.3) is 4.96 Å². The van der Waals surface area contributed by atoms with Crippen molar-refractivity contribution in [1.82, 2.24) is 19.9 Å². The van der Waals surface area contributed by atoms with Crippen LogP contribution in [0, 0.1) is 6.92 Å². The summed E-state index contributed by atoms with van der Waals surface area (Å²) in [6, 6.07) is 0. The van der Waals surface area contributed by atoms with E-state index in [2.05, 4.69) is 15.5 Å². The van der Waals surface area contributed by atoms with Crippen molar-refractivity contribution >= 4 is 22.2 Å². The van der Waals surface area contributed by atoms with Crippen LogP contribution in [-0.4, -0.2) is 37.8 Å². The van der Waals surface area contributed by atoms with Gasteiger partial charge in [-0.05, 0) is 20.8 Å². The highest BCUT2D eigenvalue weighted by atomic mass is 32.1. The summed E-state index contributed by atoms with van der Waals surface area (Å²) >= 11 is 1.32. The van der Waals surface area contributed by atoms with Gasteiger partial charge >= 0.3 is 0 Å². The van der Waals surface area contributed by atoms with Gasteiger partial charge in [-0.25, -0.2) is 0 Å². The molecule has 0 aliphatic carbocycles. The van der Waals surface area contributed by atoms with Gasteiger partial charge in [0.05, 0.1) is 12.1 Å². The molecule has 7 heteroatoms. The van der Waals surface area contributed by atoms with Gasteiger partial charge in [-0.2, -0.15) is 0 Å². The fourth-order valence-corrected chi connectivity index (χ4v) is 2.89. The van der Waals surface area contributed by atoms with Gasteiger partial charge in [-0.15, -0.1) is 10.2 Å². The Morgan fingerprint density at radius 2 is 2.10 bits per heavy atom. The van der Waals surface area contributed by atoms with E-state index in [9.17, 15) is 9.90 Å². The molecule has 2 aromatic rings. The number of rotatable bonds is 4. The number of amides is 1. The Hall–Kier alpha value is -1.47. The van der Waals surface area contributed by atoms with Gasteiger partial charge in [0.1, 0.15) is 10.7 Å². The molecular weight excluding hydrogens is 276 g/mol. The molecule has 2 rings (SSSR count). The lowest BCUT2D eigenvalue weighted by molar-refractivity contribution is 0.0872. The Kier molecular flexibility index (Phi) is 3.84. The molecule has 0 aliphatic heterocycles. The Morgan fingerprint density at radius 1 is 1.45 bits per heavy atom. The number of nitrogens with one attached hydrogen (secondary N) is 1. The van der Waals surface area contributed by atoms with Gasteiger partial charge in [0.25, 0.3) is 5.91 Å². The van der Waals surface area contributed by atoms with Crippen LogP contribution in [-0.2, 0) is 0 Å². The smallest absolute Gasteiger partial charge is 0.263 e. The van der Waals surface area contributed by atoms with Crippen LogP contribution < -0.4 is 5.32 Å². The third-order valence-electron chi connectivity index (χ3n) is 3.09. The predicted molar refractivity (Wildman–Crippen MR) is 78.3 cm³/mol. The molecule has 0 saturated heterocycles. The largest absolute Gasteiger partial charge is 0.394 e. The lowest BCUT2D eigenvalue weighted by atomic mass is 10.1. The lowest BCUT2D eigenvalue weighted by Crippen LogP contribution is -2.46. The molecule has 0 radical (unpaired) electrons. The molecule has 0 bridgehead atoms. The Bertz CT molecular complexity index is 642. The van der Waals surface area contributed by atoms with Gasteiger partial charge in [0, 0.05) is 11.6 Å². The zero-order valence-corrected chi connectivity index (χ0v) is 13.2. The van der Waals surface area contributed by atoms with Gasteiger partial charge in [0.2, 0.25) is 4.96 Å². The Balaban J connectivity index is 2.41. The molecule has 0 saturated carbocycles. The topological polar surface area (TPSA) is 79.5 Å². The average molecular weight is 296 g/mol. The number of fused-ring (bicyclic) bond motifs is 1. The number of hydrogen-bond donors (Lipinski definition) is 2. The number of aliphatic hydroxyl groups is 1. The van der Waals surface area contributed by atoms with Gasteiger partial charge in [-0.3, -0.25) is 9.20 Å². The van der Waals surface area contributed by atoms with Crippen LogP contribution in [0.5, 0.6) is 0 Å². The highest BCUT2D eigenvalue weighted by Gasteiger charge is 2.25. The standard InChI is InChI=1S/C13H20N4O2S/c1-7(2)10-15-16-12-17(10)8(3)9(20-12)11(19)14-13(4,5)6-18/h7,18H,6H2,1-5H3,(H,14,19). The summed E-state index contributed by atoms with van der Waals surface area (Å²) < 4.78 is 1.93. The quantitative estimate of drug-likeness (QED) is 0.900. The minimum absolute atomic E-state index is 0.112. The zero-order chi connectivity index (χ0) is 15.1. The second kappa shape index (κ2) is 5.14. The maximum absolute atomic E-state index is 12.3. The van der Waals surface area contributed by atoms with E-state index in [0.29, 0.717) is 4.88 Å². The SMILES string of the molecule is Cc1c(C(=O)NC(C)(C)CO)sc2nnc(C(C)C)n12. The normalized spacial score (nSPS) is 12.3. The number of hydrogen-bond acceptors (Lipinski definition) is 5. The summed E-state index contributed by atoms with van der Waals surface area (Å²) in [6.45, 7) is 9.42. The number of aromatic nitrogens is 3. The highest BCUT2D eigenvalue weighted by Crippen LogP contribution is 2.26. The maximum Gasteiger partial charge on any atom is 0.263 e. The summed E-state index contributed by atoms with van der Waals surface area (Å²) in [4.78, 5) is 13.6. The van der Waals surface area contributed by atoms with E-state index in [0.717, 1.165) is 16.5 Å². The number of aryl methyl sites for hydroxylation is 1. The highest BCUT2D eigenvalue weighted by molar-refractivity contribution is 7.19. The number of carbonyl (C=O) groups is 1. The summed E-state index contributed by atoms with van der Waals surface area (Å²) in [5, 5.41) is 20.3. The van der Waals surface area contributed by atoms with Crippen molar-refractivity contribution in [2.24, 2.45) is 0 Å². The molecule has 110 valence electrons. The molecule has 0 spiro atoms. The summed E-state index contributed by atoms with van der Waals surface area (Å²) in [5.74, 6) is 0.907. The predicted octanol–water partition coefficient (Wildman–Crippen LogP) is 1.72. The second-order valence-electron chi connectivity index (χ2n) is 5.84. The second-order valence-corrected chi connectivity index (χ2v) is 6.82. The zero-order valence-electron chi connectivity index (χ0n) is 12.4. The van der Waals surface area contributed by atoms with E-state index in [1.54, 1.807) is 13.8 Å². The van der Waals surface area contributed by atoms with E-state index in [1.165, 1.54) is 11.3 Å². The first kappa shape index (κ1) is 14.9. The molecule has 0 atom stereocenters. The van der Waals surface area contributed by atoms with Crippen LogP contribution in [0.4, 0.5) is 0 Å². The summed E-state index contributed by atoms with van der Waals surface area (Å²) in [6.07, 6.45) is 0. The Morgan fingerprint density at radius 3 is 2.65 bits per heavy atom. The van der Waals surface area contributed by atoms with Crippen molar-refractivity contribution in [3.8, 4) is 0 Å². The third-order valence-corrected chi connectivity index (χ3v) is 4.22. The van der Waals surface area contributed by atoms with Crippen molar-refractivity contribution in [2.75, 3.05) is 6.61 Å². The maximum atomic E-state index is 12.3. The average Bonchev–Trinajstić information content (AvgIpc) is 2.89. The molecule has 1 amide bonds. The number of carbonyl (C=O) groups excluding carboxylic acids is 1. The molecule has 6 nitrogen and oxygen atoms in total. The summed E-state index contributed by atoms with van der Waals surface area (Å²) in [5.41, 5.74) is 0.194. The van der Waals surface area contributed by atoms with Crippen LogP contribution in [0.15, 0.2) is 0 Å².